The van der Waals surface area contributed by atoms with Crippen LogP contribution in [-0.2, 0) is 13.0 Å². The Balaban J connectivity index is 1.42. The smallest absolute Gasteiger partial charge is 0.251 e. The van der Waals surface area contributed by atoms with Crippen LogP contribution in [0.2, 0.25) is 5.02 Å². The molecule has 4 aromatic rings. The molecule has 1 aliphatic carbocycles. The molecule has 2 aromatic carbocycles. The SMILES string of the molecule is CCC(=O)c1ccc(-c2cnc3c(c2)C(c2ccn(Cc4cccc(Cl)c4)c(=O)c2)=CC3)cc1. The number of carbonyl (C=O) groups is 1. The van der Waals surface area contributed by atoms with Crippen molar-refractivity contribution in [3.8, 4) is 11.1 Å². The van der Waals surface area contributed by atoms with Gasteiger partial charge in [0.05, 0.1) is 12.2 Å². The highest BCUT2D eigenvalue weighted by Crippen LogP contribution is 2.34. The van der Waals surface area contributed by atoms with Gasteiger partial charge in [0.15, 0.2) is 5.78 Å². The molecule has 5 rings (SSSR count). The number of rotatable bonds is 6. The number of ketones is 1. The summed E-state index contributed by atoms with van der Waals surface area (Å²) < 4.78 is 1.68. The summed E-state index contributed by atoms with van der Waals surface area (Å²) in [6.07, 6.45) is 7.06. The first kappa shape index (κ1) is 22.1. The van der Waals surface area contributed by atoms with Crippen LogP contribution in [0.25, 0.3) is 16.7 Å². The molecule has 0 fully saturated rings. The van der Waals surface area contributed by atoms with Crippen LogP contribution in [0.5, 0.6) is 0 Å². The first-order valence-electron chi connectivity index (χ1n) is 11.3. The van der Waals surface area contributed by atoms with Gasteiger partial charge in [0, 0.05) is 53.0 Å². The molecule has 0 radical (unpaired) electrons. The van der Waals surface area contributed by atoms with Gasteiger partial charge in [-0.2, -0.15) is 0 Å². The third kappa shape index (κ3) is 4.37. The molecule has 0 amide bonds. The molecule has 4 nitrogen and oxygen atoms in total. The van der Waals surface area contributed by atoms with Crippen molar-refractivity contribution >= 4 is 23.0 Å². The standard InChI is InChI=1S/C29H23ClN2O2/c1-2-28(33)21-8-6-20(7-9-21)23-15-26-25(10-11-27(26)31-17-23)22-12-13-32(29(34)16-22)18-19-4-3-5-24(30)14-19/h3-10,12-17H,2,11,18H2,1H3. The zero-order valence-electron chi connectivity index (χ0n) is 18.8. The fourth-order valence-corrected chi connectivity index (χ4v) is 4.53. The minimum atomic E-state index is -0.0629. The van der Waals surface area contributed by atoms with E-state index in [0.717, 1.165) is 51.1 Å². The minimum absolute atomic E-state index is 0.0629. The summed E-state index contributed by atoms with van der Waals surface area (Å²) in [6, 6.07) is 21.0. The van der Waals surface area contributed by atoms with Gasteiger partial charge in [-0.3, -0.25) is 14.6 Å². The van der Waals surface area contributed by atoms with Gasteiger partial charge in [-0.25, -0.2) is 0 Å². The number of hydrogen-bond acceptors (Lipinski definition) is 3. The lowest BCUT2D eigenvalue weighted by atomic mass is 9.97. The number of allylic oxidation sites excluding steroid dienone is 1. The van der Waals surface area contributed by atoms with Crippen LogP contribution in [0.3, 0.4) is 0 Å². The largest absolute Gasteiger partial charge is 0.311 e. The van der Waals surface area contributed by atoms with Crippen molar-refractivity contribution in [1.82, 2.24) is 9.55 Å². The molecule has 2 heterocycles. The normalized spacial score (nSPS) is 12.4. The fraction of sp³-hybridized carbons (Fsp3) is 0.138. The Morgan fingerprint density at radius 1 is 1.00 bits per heavy atom. The summed E-state index contributed by atoms with van der Waals surface area (Å²) in [5, 5.41) is 0.657. The Morgan fingerprint density at radius 2 is 1.82 bits per heavy atom. The van der Waals surface area contributed by atoms with Crippen molar-refractivity contribution in [2.45, 2.75) is 26.3 Å². The van der Waals surface area contributed by atoms with Crippen LogP contribution < -0.4 is 5.56 Å². The lowest BCUT2D eigenvalue weighted by Crippen LogP contribution is -2.19. The van der Waals surface area contributed by atoms with Crippen LogP contribution in [-0.4, -0.2) is 15.3 Å². The summed E-state index contributed by atoms with van der Waals surface area (Å²) in [7, 11) is 0. The number of Topliss-reactive ketones (excluding diaryl/α,β-unsaturated/α-hetero) is 1. The van der Waals surface area contributed by atoms with Gasteiger partial charge in [-0.15, -0.1) is 0 Å². The summed E-state index contributed by atoms with van der Waals surface area (Å²) in [4.78, 5) is 29.5. The highest BCUT2D eigenvalue weighted by atomic mass is 35.5. The number of nitrogens with zero attached hydrogens (tertiary/aromatic N) is 2. The molecule has 1 aliphatic rings. The van der Waals surface area contributed by atoms with Crippen LogP contribution in [0.4, 0.5) is 0 Å². The Morgan fingerprint density at radius 3 is 2.56 bits per heavy atom. The van der Waals surface area contributed by atoms with Crippen molar-refractivity contribution in [2.75, 3.05) is 0 Å². The van der Waals surface area contributed by atoms with Crippen LogP contribution >= 0.6 is 11.6 Å². The molecular formula is C29H23ClN2O2. The van der Waals surface area contributed by atoms with Crippen molar-refractivity contribution in [2.24, 2.45) is 0 Å². The van der Waals surface area contributed by atoms with E-state index in [2.05, 4.69) is 17.1 Å². The van der Waals surface area contributed by atoms with E-state index in [1.807, 2.05) is 73.9 Å². The van der Waals surface area contributed by atoms with Crippen LogP contribution in [0.1, 0.15) is 46.1 Å². The Hall–Kier alpha value is -3.76. The molecule has 2 aromatic heterocycles. The van der Waals surface area contributed by atoms with E-state index in [1.54, 1.807) is 10.6 Å². The van der Waals surface area contributed by atoms with E-state index in [9.17, 15) is 9.59 Å². The second-order valence-electron chi connectivity index (χ2n) is 8.41. The monoisotopic (exact) mass is 466 g/mol. The van der Waals surface area contributed by atoms with E-state index in [-0.39, 0.29) is 11.3 Å². The predicted molar refractivity (Wildman–Crippen MR) is 136 cm³/mol. The maximum Gasteiger partial charge on any atom is 0.251 e. The Kier molecular flexibility index (Phi) is 5.99. The highest BCUT2D eigenvalue weighted by molar-refractivity contribution is 6.30. The third-order valence-electron chi connectivity index (χ3n) is 6.17. The average Bonchev–Trinajstić information content (AvgIpc) is 3.28. The molecule has 0 saturated carbocycles. The van der Waals surface area contributed by atoms with Crippen molar-refractivity contribution in [3.05, 3.63) is 129 Å². The minimum Gasteiger partial charge on any atom is -0.311 e. The number of carbonyl (C=O) groups excluding carboxylic acids is 1. The van der Waals surface area contributed by atoms with E-state index in [0.29, 0.717) is 18.0 Å². The van der Waals surface area contributed by atoms with Gasteiger partial charge in [0.2, 0.25) is 0 Å². The van der Waals surface area contributed by atoms with Gasteiger partial charge in [0.25, 0.3) is 5.56 Å². The zero-order chi connectivity index (χ0) is 23.7. The summed E-state index contributed by atoms with van der Waals surface area (Å²) >= 11 is 6.08. The number of aromatic nitrogens is 2. The molecule has 0 aliphatic heterocycles. The van der Waals surface area contributed by atoms with Gasteiger partial charge in [-0.1, -0.05) is 61.0 Å². The van der Waals surface area contributed by atoms with E-state index in [1.165, 1.54) is 0 Å². The lowest BCUT2D eigenvalue weighted by molar-refractivity contribution is 0.0988. The third-order valence-corrected chi connectivity index (χ3v) is 6.41. The van der Waals surface area contributed by atoms with Crippen molar-refractivity contribution in [1.29, 1.82) is 0 Å². The first-order chi connectivity index (χ1) is 16.5. The first-order valence-corrected chi connectivity index (χ1v) is 11.7. The molecule has 0 saturated heterocycles. The lowest BCUT2D eigenvalue weighted by Gasteiger charge is -2.11. The molecule has 5 heteroatoms. The Labute approximate surface area is 203 Å². The second-order valence-corrected chi connectivity index (χ2v) is 8.84. The maximum absolute atomic E-state index is 12.9. The van der Waals surface area contributed by atoms with Crippen molar-refractivity contribution < 1.29 is 4.79 Å². The zero-order valence-corrected chi connectivity index (χ0v) is 19.5. The molecular weight excluding hydrogens is 444 g/mol. The number of fused-ring (bicyclic) bond motifs is 1. The number of pyridine rings is 2. The molecule has 168 valence electrons. The van der Waals surface area contributed by atoms with E-state index < -0.39 is 0 Å². The van der Waals surface area contributed by atoms with Crippen LogP contribution in [0, 0.1) is 0 Å². The number of benzene rings is 2. The van der Waals surface area contributed by atoms with Gasteiger partial charge < -0.3 is 4.57 Å². The molecule has 0 unspecified atom stereocenters. The second kappa shape index (κ2) is 9.24. The van der Waals surface area contributed by atoms with E-state index in [4.69, 9.17) is 11.6 Å². The Bertz CT molecular complexity index is 1480. The number of hydrogen-bond donors (Lipinski definition) is 0. The van der Waals surface area contributed by atoms with Gasteiger partial charge in [-0.05, 0) is 46.5 Å². The maximum atomic E-state index is 12.9. The molecule has 0 spiro atoms. The highest BCUT2D eigenvalue weighted by Gasteiger charge is 2.19. The molecule has 0 atom stereocenters. The quantitative estimate of drug-likeness (QED) is 0.318. The topological polar surface area (TPSA) is 52.0 Å². The molecule has 0 bridgehead atoms. The summed E-state index contributed by atoms with van der Waals surface area (Å²) in [5.41, 5.74) is 7.57. The molecule has 34 heavy (non-hydrogen) atoms. The van der Waals surface area contributed by atoms with Crippen molar-refractivity contribution in [3.63, 3.8) is 0 Å². The summed E-state index contributed by atoms with van der Waals surface area (Å²) in [5.74, 6) is 0.133. The summed E-state index contributed by atoms with van der Waals surface area (Å²) in [6.45, 7) is 2.34. The fourth-order valence-electron chi connectivity index (χ4n) is 4.32. The average molecular weight is 467 g/mol. The molecule has 0 N–H and O–H groups in total. The van der Waals surface area contributed by atoms with Gasteiger partial charge in [0.1, 0.15) is 0 Å². The van der Waals surface area contributed by atoms with E-state index >= 15 is 0 Å². The number of halogens is 1. The predicted octanol–water partition coefficient (Wildman–Crippen LogP) is 6.19. The van der Waals surface area contributed by atoms with Gasteiger partial charge >= 0.3 is 0 Å². The van der Waals surface area contributed by atoms with Crippen LogP contribution in [0.15, 0.2) is 90.0 Å².